The Kier molecular flexibility index (Phi) is 6.79. The van der Waals surface area contributed by atoms with Crippen LogP contribution in [-0.4, -0.2) is 51.7 Å². The van der Waals surface area contributed by atoms with Gasteiger partial charge in [-0.1, -0.05) is 13.3 Å². The third-order valence-corrected chi connectivity index (χ3v) is 4.77. The van der Waals surface area contributed by atoms with Gasteiger partial charge in [0.2, 0.25) is 10.0 Å². The monoisotopic (exact) mass is 301 g/mol. The van der Waals surface area contributed by atoms with Crippen LogP contribution in [0.3, 0.4) is 0 Å². The lowest BCUT2D eigenvalue weighted by atomic mass is 10.1. The van der Waals surface area contributed by atoms with Gasteiger partial charge in [-0.15, -0.1) is 0 Å². The Morgan fingerprint density at radius 3 is 2.17 bits per heavy atom. The topological polar surface area (TPSA) is 118 Å². The highest BCUT2D eigenvalue weighted by Crippen LogP contribution is 2.04. The fourth-order valence-electron chi connectivity index (χ4n) is 1.34. The van der Waals surface area contributed by atoms with Crippen LogP contribution in [0.4, 0.5) is 0 Å². The van der Waals surface area contributed by atoms with E-state index in [1.165, 1.54) is 0 Å². The van der Waals surface area contributed by atoms with E-state index in [4.69, 9.17) is 5.11 Å². The van der Waals surface area contributed by atoms with Crippen molar-refractivity contribution in [3.8, 4) is 0 Å². The van der Waals surface area contributed by atoms with Crippen LogP contribution in [0, 0.1) is 0 Å². The van der Waals surface area contributed by atoms with Gasteiger partial charge in [0.05, 0.1) is 17.9 Å². The first-order valence-corrected chi connectivity index (χ1v) is 9.16. The van der Waals surface area contributed by atoms with Gasteiger partial charge in [0.1, 0.15) is 9.84 Å². The summed E-state index contributed by atoms with van der Waals surface area (Å²) >= 11 is 0. The van der Waals surface area contributed by atoms with Crippen LogP contribution in [0.1, 0.15) is 26.2 Å². The van der Waals surface area contributed by atoms with E-state index in [0.29, 0.717) is 12.8 Å². The Morgan fingerprint density at radius 2 is 1.78 bits per heavy atom. The Balaban J connectivity index is 4.55. The summed E-state index contributed by atoms with van der Waals surface area (Å²) < 4.78 is 47.1. The highest BCUT2D eigenvalue weighted by Gasteiger charge is 2.21. The SMILES string of the molecule is CCCC(CC(=O)O)NS(=O)(=O)CCS(C)(=O)=O. The van der Waals surface area contributed by atoms with E-state index >= 15 is 0 Å². The van der Waals surface area contributed by atoms with Crippen molar-refractivity contribution in [3.05, 3.63) is 0 Å². The molecule has 0 saturated carbocycles. The number of aliphatic carboxylic acids is 1. The molecule has 2 N–H and O–H groups in total. The van der Waals surface area contributed by atoms with E-state index in [0.717, 1.165) is 6.26 Å². The van der Waals surface area contributed by atoms with Gasteiger partial charge in [0.25, 0.3) is 0 Å². The number of carboxylic acid groups (broad SMARTS) is 1. The van der Waals surface area contributed by atoms with Crippen LogP contribution in [0.15, 0.2) is 0 Å². The van der Waals surface area contributed by atoms with Crippen LogP contribution in [0.2, 0.25) is 0 Å². The van der Waals surface area contributed by atoms with Gasteiger partial charge < -0.3 is 5.11 Å². The molecule has 1 atom stereocenters. The smallest absolute Gasteiger partial charge is 0.304 e. The van der Waals surface area contributed by atoms with E-state index in [1.807, 2.05) is 0 Å². The van der Waals surface area contributed by atoms with Crippen molar-refractivity contribution in [3.63, 3.8) is 0 Å². The molecule has 0 aromatic heterocycles. The minimum Gasteiger partial charge on any atom is -0.481 e. The Bertz CT molecular complexity index is 467. The van der Waals surface area contributed by atoms with Gasteiger partial charge in [-0.05, 0) is 6.42 Å². The van der Waals surface area contributed by atoms with Crippen molar-refractivity contribution < 1.29 is 26.7 Å². The normalized spacial score (nSPS) is 14.3. The van der Waals surface area contributed by atoms with E-state index in [1.54, 1.807) is 6.92 Å². The van der Waals surface area contributed by atoms with Crippen molar-refractivity contribution in [2.45, 2.75) is 32.2 Å². The molecule has 108 valence electrons. The lowest BCUT2D eigenvalue weighted by molar-refractivity contribution is -0.137. The van der Waals surface area contributed by atoms with E-state index in [-0.39, 0.29) is 6.42 Å². The average Bonchev–Trinajstić information content (AvgIpc) is 2.12. The van der Waals surface area contributed by atoms with Crippen molar-refractivity contribution in [1.82, 2.24) is 4.72 Å². The Morgan fingerprint density at radius 1 is 1.22 bits per heavy atom. The second-order valence-corrected chi connectivity index (χ2v) is 8.28. The lowest BCUT2D eigenvalue weighted by Crippen LogP contribution is -2.39. The number of nitrogens with one attached hydrogen (secondary N) is 1. The third-order valence-electron chi connectivity index (χ3n) is 2.13. The van der Waals surface area contributed by atoms with Crippen LogP contribution < -0.4 is 4.72 Å². The molecule has 1 unspecified atom stereocenters. The van der Waals surface area contributed by atoms with Crippen LogP contribution >= 0.6 is 0 Å². The number of hydrogen-bond acceptors (Lipinski definition) is 5. The number of carbonyl (C=O) groups is 1. The van der Waals surface area contributed by atoms with Gasteiger partial charge >= 0.3 is 5.97 Å². The summed E-state index contributed by atoms with van der Waals surface area (Å²) in [4.78, 5) is 10.6. The maximum absolute atomic E-state index is 11.6. The number of rotatable bonds is 9. The highest BCUT2D eigenvalue weighted by atomic mass is 32.2. The minimum atomic E-state index is -3.77. The summed E-state index contributed by atoms with van der Waals surface area (Å²) in [6.07, 6.45) is 1.66. The molecule has 0 rings (SSSR count). The number of hydrogen-bond donors (Lipinski definition) is 2. The predicted molar refractivity (Wildman–Crippen MR) is 67.6 cm³/mol. The molecule has 0 aromatic carbocycles. The van der Waals surface area contributed by atoms with Gasteiger partial charge in [-0.2, -0.15) is 0 Å². The molecule has 7 nitrogen and oxygen atoms in total. The molecule has 0 amide bonds. The van der Waals surface area contributed by atoms with E-state index in [2.05, 4.69) is 4.72 Å². The molecule has 0 aliphatic heterocycles. The first-order chi connectivity index (χ1) is 8.06. The lowest BCUT2D eigenvalue weighted by Gasteiger charge is -2.15. The third kappa shape index (κ3) is 9.37. The first kappa shape index (κ1) is 17.3. The van der Waals surface area contributed by atoms with Crippen molar-refractivity contribution in [2.24, 2.45) is 0 Å². The molecule has 0 saturated heterocycles. The molecular weight excluding hydrogens is 282 g/mol. The van der Waals surface area contributed by atoms with Crippen LogP contribution in [-0.2, 0) is 24.7 Å². The fourth-order valence-corrected chi connectivity index (χ4v) is 4.25. The molecule has 0 radical (unpaired) electrons. The molecule has 0 aliphatic carbocycles. The van der Waals surface area contributed by atoms with Gasteiger partial charge in [-0.3, -0.25) is 4.79 Å². The quantitative estimate of drug-likeness (QED) is 0.598. The minimum absolute atomic E-state index is 0.314. The Labute approximate surface area is 108 Å². The summed E-state index contributed by atoms with van der Waals surface area (Å²) in [5.74, 6) is -2.13. The summed E-state index contributed by atoms with van der Waals surface area (Å²) in [5, 5.41) is 8.64. The maximum Gasteiger partial charge on any atom is 0.304 e. The summed E-state index contributed by atoms with van der Waals surface area (Å²) in [6.45, 7) is 1.81. The van der Waals surface area contributed by atoms with E-state index < -0.39 is 43.4 Å². The maximum atomic E-state index is 11.6. The zero-order valence-electron chi connectivity index (χ0n) is 10.4. The second-order valence-electron chi connectivity index (χ2n) is 4.15. The van der Waals surface area contributed by atoms with Crippen molar-refractivity contribution in [2.75, 3.05) is 17.8 Å². The van der Waals surface area contributed by atoms with Crippen LogP contribution in [0.5, 0.6) is 0 Å². The molecule has 0 bridgehead atoms. The molecule has 0 aromatic rings. The molecule has 18 heavy (non-hydrogen) atoms. The second kappa shape index (κ2) is 7.05. The number of sulfone groups is 1. The largest absolute Gasteiger partial charge is 0.481 e. The summed E-state index contributed by atoms with van der Waals surface area (Å²) in [6, 6.07) is -0.697. The predicted octanol–water partition coefficient (Wildman–Crippen LogP) is -0.406. The van der Waals surface area contributed by atoms with Gasteiger partial charge in [0, 0.05) is 12.3 Å². The number of carboxylic acids is 1. The highest BCUT2D eigenvalue weighted by molar-refractivity contribution is 7.93. The zero-order valence-corrected chi connectivity index (χ0v) is 12.1. The van der Waals surface area contributed by atoms with Gasteiger partial charge in [-0.25, -0.2) is 21.6 Å². The van der Waals surface area contributed by atoms with Crippen LogP contribution in [0.25, 0.3) is 0 Å². The van der Waals surface area contributed by atoms with Crippen molar-refractivity contribution in [1.29, 1.82) is 0 Å². The molecule has 0 fully saturated rings. The fraction of sp³-hybridized carbons (Fsp3) is 0.889. The zero-order chi connectivity index (χ0) is 14.4. The standard InChI is InChI=1S/C9H19NO6S2/c1-3-4-8(7-9(11)12)10-18(15,16)6-5-17(2,13)14/h8,10H,3-7H2,1-2H3,(H,11,12). The molecule has 9 heteroatoms. The number of sulfonamides is 1. The van der Waals surface area contributed by atoms with Crippen molar-refractivity contribution >= 4 is 25.8 Å². The molecule has 0 aliphatic rings. The molecular formula is C9H19NO6S2. The summed E-state index contributed by atoms with van der Waals surface area (Å²) in [5.41, 5.74) is 0. The summed E-state index contributed by atoms with van der Waals surface area (Å²) in [7, 11) is -7.14. The van der Waals surface area contributed by atoms with Gasteiger partial charge in [0.15, 0.2) is 0 Å². The Hall–Kier alpha value is -0.670. The molecule has 0 spiro atoms. The average molecular weight is 301 g/mol. The first-order valence-electron chi connectivity index (χ1n) is 5.45. The molecule has 0 heterocycles. The van der Waals surface area contributed by atoms with E-state index in [9.17, 15) is 21.6 Å².